The summed E-state index contributed by atoms with van der Waals surface area (Å²) in [5.74, 6) is 1.01. The van der Waals surface area contributed by atoms with E-state index in [0.29, 0.717) is 0 Å². The van der Waals surface area contributed by atoms with Crippen molar-refractivity contribution in [3.05, 3.63) is 42.4 Å². The van der Waals surface area contributed by atoms with Crippen LogP contribution in [0, 0.1) is 6.92 Å². The Bertz CT molecular complexity index is 646. The summed E-state index contributed by atoms with van der Waals surface area (Å²) in [4.78, 5) is 7.80. The fourth-order valence-electron chi connectivity index (χ4n) is 2.17. The van der Waals surface area contributed by atoms with Crippen LogP contribution in [0.2, 0.25) is 0 Å². The summed E-state index contributed by atoms with van der Waals surface area (Å²) in [5, 5.41) is 1.23. The second-order valence-corrected chi connectivity index (χ2v) is 4.03. The average Bonchev–Trinajstić information content (AvgIpc) is 2.81. The molecule has 3 rings (SSSR count). The number of aromatic amines is 1. The van der Waals surface area contributed by atoms with Crippen LogP contribution in [0.4, 0.5) is 0 Å². The van der Waals surface area contributed by atoms with Crippen LogP contribution < -0.4 is 0 Å². The van der Waals surface area contributed by atoms with Crippen LogP contribution in [0.5, 0.6) is 0 Å². The zero-order chi connectivity index (χ0) is 11.1. The highest BCUT2D eigenvalue weighted by atomic mass is 15.0. The molecule has 0 spiro atoms. The van der Waals surface area contributed by atoms with E-state index >= 15 is 0 Å². The van der Waals surface area contributed by atoms with Gasteiger partial charge in [-0.3, -0.25) is 0 Å². The number of aromatic nitrogens is 3. The summed E-state index contributed by atoms with van der Waals surface area (Å²) in [5.41, 5.74) is 3.52. The van der Waals surface area contributed by atoms with Crippen LogP contribution in [0.1, 0.15) is 5.69 Å². The number of hydrogen-bond acceptors (Lipinski definition) is 1. The van der Waals surface area contributed by atoms with E-state index in [9.17, 15) is 0 Å². The molecule has 0 aliphatic heterocycles. The molecule has 3 aromatic rings. The third kappa shape index (κ3) is 1.18. The monoisotopic (exact) mass is 211 g/mol. The highest BCUT2D eigenvalue weighted by Gasteiger charge is 2.13. The Morgan fingerprint density at radius 1 is 1.25 bits per heavy atom. The summed E-state index contributed by atoms with van der Waals surface area (Å²) in [6, 6.07) is 8.32. The number of aryl methyl sites for hydroxylation is 2. The number of hydrogen-bond donors (Lipinski definition) is 1. The molecule has 2 aromatic heterocycles. The molecule has 0 radical (unpaired) electrons. The zero-order valence-corrected chi connectivity index (χ0v) is 9.36. The Hall–Kier alpha value is -2.03. The fraction of sp³-hybridized carbons (Fsp3) is 0.154. The maximum absolute atomic E-state index is 4.41. The Balaban J connectivity index is 2.39. The second kappa shape index (κ2) is 3.23. The molecule has 1 N–H and O–H groups in total. The van der Waals surface area contributed by atoms with E-state index in [1.54, 1.807) is 0 Å². The van der Waals surface area contributed by atoms with Crippen molar-refractivity contribution < 1.29 is 0 Å². The van der Waals surface area contributed by atoms with E-state index in [4.69, 9.17) is 0 Å². The average molecular weight is 211 g/mol. The van der Waals surface area contributed by atoms with Gasteiger partial charge in [0.1, 0.15) is 5.82 Å². The normalized spacial score (nSPS) is 11.1. The number of nitrogens with one attached hydrogen (secondary N) is 1. The first kappa shape index (κ1) is 9.21. The van der Waals surface area contributed by atoms with Gasteiger partial charge in [0.05, 0.1) is 0 Å². The second-order valence-electron chi connectivity index (χ2n) is 4.03. The molecule has 16 heavy (non-hydrogen) atoms. The van der Waals surface area contributed by atoms with Crippen LogP contribution in [0.15, 0.2) is 36.7 Å². The standard InChI is InChI=1S/C13H13N3/c1-9-12(13-14-7-8-16(13)2)10-5-3-4-6-11(10)15-9/h3-8,15H,1-2H3. The van der Waals surface area contributed by atoms with Gasteiger partial charge in [-0.25, -0.2) is 4.98 Å². The lowest BCUT2D eigenvalue weighted by molar-refractivity contribution is 0.924. The first-order valence-corrected chi connectivity index (χ1v) is 5.32. The van der Waals surface area contributed by atoms with E-state index in [1.807, 2.05) is 30.1 Å². The Morgan fingerprint density at radius 2 is 2.06 bits per heavy atom. The number of nitrogens with zero attached hydrogens (tertiary/aromatic N) is 2. The largest absolute Gasteiger partial charge is 0.358 e. The van der Waals surface area contributed by atoms with Gasteiger partial charge in [0.25, 0.3) is 0 Å². The molecular weight excluding hydrogens is 198 g/mol. The summed E-state index contributed by atoms with van der Waals surface area (Å²) in [7, 11) is 2.02. The van der Waals surface area contributed by atoms with Crippen LogP contribution in [0.3, 0.4) is 0 Å². The lowest BCUT2D eigenvalue weighted by Crippen LogP contribution is -1.91. The fourth-order valence-corrected chi connectivity index (χ4v) is 2.17. The Labute approximate surface area is 93.7 Å². The molecule has 80 valence electrons. The van der Waals surface area contributed by atoms with Gasteiger partial charge in [-0.2, -0.15) is 0 Å². The molecule has 2 heterocycles. The third-order valence-electron chi connectivity index (χ3n) is 2.94. The number of H-pyrrole nitrogens is 1. The maximum atomic E-state index is 4.41. The van der Waals surface area contributed by atoms with Crippen molar-refractivity contribution in [3.63, 3.8) is 0 Å². The van der Waals surface area contributed by atoms with E-state index in [0.717, 1.165) is 17.0 Å². The molecule has 3 heteroatoms. The van der Waals surface area contributed by atoms with Gasteiger partial charge in [-0.15, -0.1) is 0 Å². The van der Waals surface area contributed by atoms with Gasteiger partial charge in [-0.1, -0.05) is 18.2 Å². The molecule has 0 unspecified atom stereocenters. The van der Waals surface area contributed by atoms with Crippen molar-refractivity contribution in [2.75, 3.05) is 0 Å². The van der Waals surface area contributed by atoms with Crippen molar-refractivity contribution in [2.24, 2.45) is 7.05 Å². The summed E-state index contributed by atoms with van der Waals surface area (Å²) < 4.78 is 2.04. The summed E-state index contributed by atoms with van der Waals surface area (Å²) >= 11 is 0. The van der Waals surface area contributed by atoms with Gasteiger partial charge in [0, 0.05) is 41.6 Å². The lowest BCUT2D eigenvalue weighted by atomic mass is 10.1. The van der Waals surface area contributed by atoms with Crippen molar-refractivity contribution in [3.8, 4) is 11.4 Å². The molecule has 1 aromatic carbocycles. The van der Waals surface area contributed by atoms with E-state index in [1.165, 1.54) is 10.9 Å². The molecule has 0 aliphatic rings. The minimum absolute atomic E-state index is 1.01. The van der Waals surface area contributed by atoms with E-state index in [-0.39, 0.29) is 0 Å². The Kier molecular flexibility index (Phi) is 1.86. The van der Waals surface area contributed by atoms with Gasteiger partial charge in [-0.05, 0) is 13.0 Å². The lowest BCUT2D eigenvalue weighted by Gasteiger charge is -2.01. The van der Waals surface area contributed by atoms with Gasteiger partial charge < -0.3 is 9.55 Å². The van der Waals surface area contributed by atoms with E-state index < -0.39 is 0 Å². The highest BCUT2D eigenvalue weighted by Crippen LogP contribution is 2.30. The zero-order valence-electron chi connectivity index (χ0n) is 9.36. The minimum Gasteiger partial charge on any atom is -0.358 e. The molecule has 0 bridgehead atoms. The predicted molar refractivity (Wildman–Crippen MR) is 65.2 cm³/mol. The number of imidazole rings is 1. The number of fused-ring (bicyclic) bond motifs is 1. The van der Waals surface area contributed by atoms with Crippen molar-refractivity contribution in [1.82, 2.24) is 14.5 Å². The molecule has 0 saturated heterocycles. The molecule has 0 aliphatic carbocycles. The summed E-state index contributed by atoms with van der Waals surface area (Å²) in [6.07, 6.45) is 3.80. The van der Waals surface area contributed by atoms with Crippen LogP contribution in [-0.2, 0) is 7.05 Å². The number of para-hydroxylation sites is 1. The third-order valence-corrected chi connectivity index (χ3v) is 2.94. The number of benzene rings is 1. The maximum Gasteiger partial charge on any atom is 0.142 e. The summed E-state index contributed by atoms with van der Waals surface area (Å²) in [6.45, 7) is 2.09. The number of rotatable bonds is 1. The van der Waals surface area contributed by atoms with Crippen molar-refractivity contribution in [2.45, 2.75) is 6.92 Å². The van der Waals surface area contributed by atoms with Crippen molar-refractivity contribution >= 4 is 10.9 Å². The van der Waals surface area contributed by atoms with Crippen molar-refractivity contribution in [1.29, 1.82) is 0 Å². The van der Waals surface area contributed by atoms with Gasteiger partial charge >= 0.3 is 0 Å². The highest BCUT2D eigenvalue weighted by molar-refractivity contribution is 5.95. The molecule has 0 atom stereocenters. The SMILES string of the molecule is Cc1[nH]c2ccccc2c1-c1nccn1C. The van der Waals surface area contributed by atoms with Crippen LogP contribution in [-0.4, -0.2) is 14.5 Å². The molecule has 3 nitrogen and oxygen atoms in total. The van der Waals surface area contributed by atoms with Gasteiger partial charge in [0.2, 0.25) is 0 Å². The molecular formula is C13H13N3. The molecule has 0 saturated carbocycles. The Morgan fingerprint density at radius 3 is 2.81 bits per heavy atom. The predicted octanol–water partition coefficient (Wildman–Crippen LogP) is 2.88. The quantitative estimate of drug-likeness (QED) is 0.659. The van der Waals surface area contributed by atoms with E-state index in [2.05, 4.69) is 35.1 Å². The molecule has 0 fully saturated rings. The van der Waals surface area contributed by atoms with Gasteiger partial charge in [0.15, 0.2) is 0 Å². The molecule has 0 amide bonds. The topological polar surface area (TPSA) is 33.6 Å². The van der Waals surface area contributed by atoms with Crippen LogP contribution >= 0.6 is 0 Å². The minimum atomic E-state index is 1.01. The first-order chi connectivity index (χ1) is 7.77. The van der Waals surface area contributed by atoms with Crippen LogP contribution in [0.25, 0.3) is 22.3 Å². The first-order valence-electron chi connectivity index (χ1n) is 5.32. The smallest absolute Gasteiger partial charge is 0.142 e.